The third-order valence-electron chi connectivity index (χ3n) is 1.74. The van der Waals surface area contributed by atoms with Crippen LogP contribution in [0.5, 0.6) is 5.75 Å². The topological polar surface area (TPSA) is 75.1 Å². The van der Waals surface area contributed by atoms with Gasteiger partial charge in [0.15, 0.2) is 0 Å². The van der Waals surface area contributed by atoms with E-state index in [4.69, 9.17) is 21.9 Å². The molecule has 0 aliphatic carbocycles. The molecule has 0 atom stereocenters. The van der Waals surface area contributed by atoms with Crippen LogP contribution in [0.3, 0.4) is 0 Å². The van der Waals surface area contributed by atoms with Crippen molar-refractivity contribution in [2.24, 2.45) is 5.11 Å². The zero-order valence-electron chi connectivity index (χ0n) is 8.42. The van der Waals surface area contributed by atoms with E-state index in [2.05, 4.69) is 10.0 Å². The first-order chi connectivity index (χ1) is 7.67. The van der Waals surface area contributed by atoms with Crippen LogP contribution in [-0.2, 0) is 4.79 Å². The summed E-state index contributed by atoms with van der Waals surface area (Å²) in [7, 11) is 1.50. The molecule has 0 radical (unpaired) electrons. The highest BCUT2D eigenvalue weighted by Crippen LogP contribution is 2.25. The van der Waals surface area contributed by atoms with Crippen LogP contribution in [0, 0.1) is 0 Å². The van der Waals surface area contributed by atoms with E-state index in [1.165, 1.54) is 19.3 Å². The Morgan fingerprint density at radius 1 is 1.62 bits per heavy atom. The van der Waals surface area contributed by atoms with Crippen molar-refractivity contribution in [2.45, 2.75) is 0 Å². The normalized spacial score (nSPS) is 9.88. The molecule has 0 bridgehead atoms. The fourth-order valence-corrected chi connectivity index (χ4v) is 1.22. The first-order valence-electron chi connectivity index (χ1n) is 4.28. The number of methoxy groups -OCH3 is 1. The number of amides is 1. The monoisotopic (exact) mass is 237 g/mol. The Morgan fingerprint density at radius 3 is 3.00 bits per heavy atom. The summed E-state index contributed by atoms with van der Waals surface area (Å²) < 4.78 is 5.01. The molecule has 0 saturated carbocycles. The molecule has 6 heteroatoms. The number of halogens is 1. The summed E-state index contributed by atoms with van der Waals surface area (Å²) in [4.78, 5) is 13.2. The van der Waals surface area contributed by atoms with Gasteiger partial charge in [-0.05, 0) is 34.4 Å². The van der Waals surface area contributed by atoms with Gasteiger partial charge in [-0.2, -0.15) is 0 Å². The van der Waals surface area contributed by atoms with Crippen molar-refractivity contribution < 1.29 is 9.53 Å². The van der Waals surface area contributed by atoms with Crippen molar-refractivity contribution >= 4 is 23.6 Å². The number of carbonyl (C=O) groups excluding carboxylic acids is 1. The predicted molar refractivity (Wildman–Crippen MR) is 61.2 cm³/mol. The lowest BCUT2D eigenvalue weighted by Crippen LogP contribution is -1.86. The summed E-state index contributed by atoms with van der Waals surface area (Å²) in [5.74, 6) is -0.142. The van der Waals surface area contributed by atoms with Gasteiger partial charge in [-0.1, -0.05) is 23.7 Å². The van der Waals surface area contributed by atoms with E-state index in [0.29, 0.717) is 10.8 Å². The molecule has 16 heavy (non-hydrogen) atoms. The lowest BCUT2D eigenvalue weighted by Gasteiger charge is -2.02. The molecule has 0 aliphatic heterocycles. The summed E-state index contributed by atoms with van der Waals surface area (Å²) in [6.45, 7) is 0. The van der Waals surface area contributed by atoms with E-state index in [-0.39, 0.29) is 0 Å². The van der Waals surface area contributed by atoms with Crippen molar-refractivity contribution in [3.63, 3.8) is 0 Å². The van der Waals surface area contributed by atoms with Gasteiger partial charge in [0.1, 0.15) is 5.75 Å². The Hall–Kier alpha value is -1.97. The van der Waals surface area contributed by atoms with Crippen LogP contribution >= 0.6 is 11.6 Å². The average Bonchev–Trinajstić information content (AvgIpc) is 2.28. The van der Waals surface area contributed by atoms with E-state index in [0.717, 1.165) is 5.56 Å². The number of hydrogen-bond acceptors (Lipinski definition) is 2. The van der Waals surface area contributed by atoms with Crippen molar-refractivity contribution in [3.05, 3.63) is 45.3 Å². The van der Waals surface area contributed by atoms with Crippen LogP contribution in [0.4, 0.5) is 0 Å². The molecule has 0 unspecified atom stereocenters. The third-order valence-corrected chi connectivity index (χ3v) is 2.05. The van der Waals surface area contributed by atoms with E-state index >= 15 is 0 Å². The second kappa shape index (κ2) is 5.80. The SMILES string of the molecule is COc1cc(/C=C/C(=O)N=[N+]=[N-])ccc1Cl. The highest BCUT2D eigenvalue weighted by Gasteiger charge is 1.99. The Labute approximate surface area is 96.9 Å². The molecule has 0 saturated heterocycles. The van der Waals surface area contributed by atoms with Gasteiger partial charge < -0.3 is 4.74 Å². The summed E-state index contributed by atoms with van der Waals surface area (Å²) >= 11 is 5.83. The van der Waals surface area contributed by atoms with Crippen LogP contribution in [0.2, 0.25) is 5.02 Å². The number of ether oxygens (including phenoxy) is 1. The van der Waals surface area contributed by atoms with Crippen LogP contribution in [0.25, 0.3) is 16.5 Å². The summed E-state index contributed by atoms with van der Waals surface area (Å²) in [6, 6.07) is 5.03. The minimum absolute atomic E-state index is 0.487. The van der Waals surface area contributed by atoms with Gasteiger partial charge in [0.25, 0.3) is 0 Å². The van der Waals surface area contributed by atoms with E-state index < -0.39 is 5.91 Å². The molecule has 0 heterocycles. The highest BCUT2D eigenvalue weighted by molar-refractivity contribution is 6.32. The standard InChI is InChI=1S/C10H8ClN3O2/c1-16-9-6-7(2-4-8(9)11)3-5-10(15)13-14-12/h2-6H,1H3/b5-3+. The quantitative estimate of drug-likeness (QED) is 0.350. The average molecular weight is 238 g/mol. The predicted octanol–water partition coefficient (Wildman–Crippen LogP) is 3.20. The van der Waals surface area contributed by atoms with Gasteiger partial charge in [-0.3, -0.25) is 4.79 Å². The largest absolute Gasteiger partial charge is 0.495 e. The van der Waals surface area contributed by atoms with E-state index in [9.17, 15) is 4.79 Å². The molecule has 0 spiro atoms. The van der Waals surface area contributed by atoms with Gasteiger partial charge in [-0.15, -0.1) is 0 Å². The number of nitrogens with zero attached hydrogens (tertiary/aromatic N) is 3. The van der Waals surface area contributed by atoms with E-state index in [1.54, 1.807) is 18.2 Å². The maximum absolute atomic E-state index is 10.9. The summed E-state index contributed by atoms with van der Waals surface area (Å²) in [5.41, 5.74) is 8.74. The van der Waals surface area contributed by atoms with Gasteiger partial charge in [0.05, 0.1) is 12.1 Å². The Bertz CT molecular complexity index is 479. The molecule has 1 amide bonds. The minimum atomic E-state index is -0.656. The summed E-state index contributed by atoms with van der Waals surface area (Å²) in [6.07, 6.45) is 2.68. The van der Waals surface area contributed by atoms with Crippen LogP contribution in [0.15, 0.2) is 29.4 Å². The van der Waals surface area contributed by atoms with Gasteiger partial charge >= 0.3 is 0 Å². The van der Waals surface area contributed by atoms with Crippen molar-refractivity contribution in [1.29, 1.82) is 0 Å². The molecule has 0 N–H and O–H groups in total. The zero-order chi connectivity index (χ0) is 12.0. The number of azide groups is 1. The second-order valence-electron chi connectivity index (χ2n) is 2.75. The maximum atomic E-state index is 10.9. The molecular formula is C10H8ClN3O2. The molecule has 0 aliphatic rings. The lowest BCUT2D eigenvalue weighted by atomic mass is 10.2. The molecule has 0 fully saturated rings. The number of carbonyl (C=O) groups is 1. The molecule has 1 aromatic carbocycles. The van der Waals surface area contributed by atoms with Gasteiger partial charge in [0.2, 0.25) is 5.91 Å². The Balaban J connectivity index is 2.90. The van der Waals surface area contributed by atoms with Crippen molar-refractivity contribution in [1.82, 2.24) is 0 Å². The van der Waals surface area contributed by atoms with E-state index in [1.807, 2.05) is 0 Å². The number of benzene rings is 1. The van der Waals surface area contributed by atoms with Crippen molar-refractivity contribution in [3.8, 4) is 5.75 Å². The molecule has 1 rings (SSSR count). The first kappa shape index (κ1) is 12.1. The van der Waals surface area contributed by atoms with Crippen LogP contribution < -0.4 is 4.74 Å². The Kier molecular flexibility index (Phi) is 4.39. The second-order valence-corrected chi connectivity index (χ2v) is 3.16. The first-order valence-corrected chi connectivity index (χ1v) is 4.66. The van der Waals surface area contributed by atoms with Gasteiger partial charge in [-0.25, -0.2) is 0 Å². The molecular weight excluding hydrogens is 230 g/mol. The zero-order valence-corrected chi connectivity index (χ0v) is 9.18. The fraction of sp³-hybridized carbons (Fsp3) is 0.100. The molecule has 82 valence electrons. The Morgan fingerprint density at radius 2 is 2.38 bits per heavy atom. The lowest BCUT2D eigenvalue weighted by molar-refractivity contribution is -0.113. The highest BCUT2D eigenvalue weighted by atomic mass is 35.5. The molecule has 5 nitrogen and oxygen atoms in total. The third kappa shape index (κ3) is 3.31. The van der Waals surface area contributed by atoms with Crippen molar-refractivity contribution in [2.75, 3.05) is 7.11 Å². The smallest absolute Gasteiger partial charge is 0.242 e. The minimum Gasteiger partial charge on any atom is -0.495 e. The van der Waals surface area contributed by atoms with Gasteiger partial charge in [0, 0.05) is 4.91 Å². The molecule has 0 aromatic heterocycles. The molecule has 1 aromatic rings. The summed E-state index contributed by atoms with van der Waals surface area (Å²) in [5, 5.41) is 3.38. The van der Waals surface area contributed by atoms with Crippen LogP contribution in [-0.4, -0.2) is 13.0 Å². The number of rotatable bonds is 3. The fourth-order valence-electron chi connectivity index (χ4n) is 1.02. The van der Waals surface area contributed by atoms with Crippen LogP contribution in [0.1, 0.15) is 5.56 Å². The maximum Gasteiger partial charge on any atom is 0.242 e. The number of hydrogen-bond donors (Lipinski definition) is 0.